The standard InChI is InChI=1S/C26H30N4O3/c1-3-33-26(32)20-12-9-15-30(16-20)17-23(31)29-25-24(19-10-5-4-6-11-19)18(2)27-21-13-7-8-14-22(21)28-25/h4-8,10-11,13-14,20,24H,3,9,12,15-17H2,1-2H3,(H,28,29,31)/t20-,24-/m1/s1. The number of nitrogens with one attached hydrogen (secondary N) is 1. The molecule has 1 amide bonds. The van der Waals surface area contributed by atoms with Gasteiger partial charge in [-0.3, -0.25) is 19.5 Å². The second kappa shape index (κ2) is 10.5. The third kappa shape index (κ3) is 5.54. The summed E-state index contributed by atoms with van der Waals surface area (Å²) >= 11 is 0. The Morgan fingerprint density at radius 3 is 2.48 bits per heavy atom. The van der Waals surface area contributed by atoms with E-state index in [0.717, 1.165) is 42.0 Å². The van der Waals surface area contributed by atoms with E-state index in [1.54, 1.807) is 0 Å². The molecule has 2 atom stereocenters. The molecule has 33 heavy (non-hydrogen) atoms. The van der Waals surface area contributed by atoms with Crippen molar-refractivity contribution in [3.8, 4) is 0 Å². The van der Waals surface area contributed by atoms with Gasteiger partial charge in [-0.1, -0.05) is 42.5 Å². The van der Waals surface area contributed by atoms with Gasteiger partial charge in [0.15, 0.2) is 0 Å². The van der Waals surface area contributed by atoms with E-state index in [4.69, 9.17) is 14.7 Å². The summed E-state index contributed by atoms with van der Waals surface area (Å²) < 4.78 is 5.18. The number of benzene rings is 2. The molecule has 0 bridgehead atoms. The van der Waals surface area contributed by atoms with Crippen LogP contribution < -0.4 is 5.32 Å². The minimum absolute atomic E-state index is 0.147. The lowest BCUT2D eigenvalue weighted by atomic mass is 9.93. The van der Waals surface area contributed by atoms with Crippen LogP contribution in [0, 0.1) is 5.92 Å². The van der Waals surface area contributed by atoms with Gasteiger partial charge in [0, 0.05) is 12.3 Å². The fourth-order valence-electron chi connectivity index (χ4n) is 4.48. The van der Waals surface area contributed by atoms with Gasteiger partial charge in [-0.15, -0.1) is 0 Å². The predicted octanol–water partition coefficient (Wildman–Crippen LogP) is 4.00. The maximum Gasteiger partial charge on any atom is 0.310 e. The van der Waals surface area contributed by atoms with E-state index in [1.807, 2.05) is 73.3 Å². The monoisotopic (exact) mass is 446 g/mol. The molecular weight excluding hydrogens is 416 g/mol. The maximum atomic E-state index is 13.1. The summed E-state index contributed by atoms with van der Waals surface area (Å²) in [6, 6.07) is 17.6. The van der Waals surface area contributed by atoms with Crippen molar-refractivity contribution in [2.45, 2.75) is 32.6 Å². The van der Waals surface area contributed by atoms with Gasteiger partial charge in [-0.05, 0) is 50.9 Å². The molecule has 0 aromatic heterocycles. The van der Waals surface area contributed by atoms with Crippen molar-refractivity contribution in [3.63, 3.8) is 0 Å². The summed E-state index contributed by atoms with van der Waals surface area (Å²) in [7, 11) is 0. The fraction of sp³-hybridized carbons (Fsp3) is 0.385. The highest BCUT2D eigenvalue weighted by atomic mass is 16.5. The maximum absolute atomic E-state index is 13.1. The number of rotatable bonds is 5. The zero-order chi connectivity index (χ0) is 23.2. The highest BCUT2D eigenvalue weighted by molar-refractivity contribution is 6.17. The first kappa shape index (κ1) is 22.9. The molecule has 1 N–H and O–H groups in total. The van der Waals surface area contributed by atoms with Crippen LogP contribution in [0.1, 0.15) is 38.2 Å². The van der Waals surface area contributed by atoms with Gasteiger partial charge in [0.25, 0.3) is 0 Å². The van der Waals surface area contributed by atoms with Gasteiger partial charge in [-0.2, -0.15) is 0 Å². The van der Waals surface area contributed by atoms with Crippen LogP contribution in [-0.2, 0) is 14.3 Å². The van der Waals surface area contributed by atoms with E-state index in [0.29, 0.717) is 19.0 Å². The van der Waals surface area contributed by atoms with Crippen LogP contribution in [0.3, 0.4) is 0 Å². The van der Waals surface area contributed by atoms with Gasteiger partial charge in [0.2, 0.25) is 5.91 Å². The van der Waals surface area contributed by atoms with Gasteiger partial charge in [0.1, 0.15) is 5.84 Å². The number of aliphatic imine (C=N–C) groups is 2. The number of carbonyl (C=O) groups is 2. The van der Waals surface area contributed by atoms with Crippen LogP contribution in [-0.4, -0.2) is 54.6 Å². The molecule has 1 saturated heterocycles. The minimum atomic E-state index is -0.254. The average Bonchev–Trinajstić information content (AvgIpc) is 2.95. The molecule has 7 nitrogen and oxygen atoms in total. The fourth-order valence-corrected chi connectivity index (χ4v) is 4.48. The molecule has 0 saturated carbocycles. The van der Waals surface area contributed by atoms with Crippen molar-refractivity contribution in [2.24, 2.45) is 15.9 Å². The zero-order valence-corrected chi connectivity index (χ0v) is 19.2. The molecule has 2 aliphatic rings. The number of amides is 1. The Labute approximate surface area is 194 Å². The molecule has 2 aliphatic heterocycles. The lowest BCUT2D eigenvalue weighted by Gasteiger charge is -2.31. The Bertz CT molecular complexity index is 1060. The number of hydrogen-bond donors (Lipinski definition) is 1. The SMILES string of the molecule is CCOC(=O)[C@@H]1CCCN(CC(=O)NC2=Nc3ccccc3N=C(C)[C@@H]2c2ccccc2)C1. The van der Waals surface area contributed by atoms with Crippen molar-refractivity contribution >= 4 is 34.8 Å². The van der Waals surface area contributed by atoms with Gasteiger partial charge in [-0.25, -0.2) is 4.99 Å². The highest BCUT2D eigenvalue weighted by Gasteiger charge is 2.30. The van der Waals surface area contributed by atoms with Crippen molar-refractivity contribution in [3.05, 3.63) is 60.2 Å². The summed E-state index contributed by atoms with van der Waals surface area (Å²) in [5.41, 5.74) is 3.40. The topological polar surface area (TPSA) is 83.4 Å². The molecule has 0 unspecified atom stereocenters. The van der Waals surface area contributed by atoms with Gasteiger partial charge < -0.3 is 10.1 Å². The number of nitrogens with zero attached hydrogens (tertiary/aromatic N) is 3. The number of fused-ring (bicyclic) bond motifs is 1. The van der Waals surface area contributed by atoms with E-state index >= 15 is 0 Å². The first-order chi connectivity index (χ1) is 16.0. The normalized spacial score (nSPS) is 20.7. The number of piperidine rings is 1. The Morgan fingerprint density at radius 1 is 1.06 bits per heavy atom. The quantitative estimate of drug-likeness (QED) is 0.704. The van der Waals surface area contributed by atoms with E-state index in [-0.39, 0.29) is 30.3 Å². The Balaban J connectivity index is 1.54. The first-order valence-corrected chi connectivity index (χ1v) is 11.5. The molecule has 2 heterocycles. The Hall–Kier alpha value is -3.32. The second-order valence-corrected chi connectivity index (χ2v) is 8.46. The lowest BCUT2D eigenvalue weighted by Crippen LogP contribution is -2.47. The third-order valence-electron chi connectivity index (χ3n) is 6.00. The highest BCUT2D eigenvalue weighted by Crippen LogP contribution is 2.34. The average molecular weight is 447 g/mol. The first-order valence-electron chi connectivity index (χ1n) is 11.5. The minimum Gasteiger partial charge on any atom is -0.466 e. The molecule has 2 aromatic carbocycles. The van der Waals surface area contributed by atoms with Crippen LogP contribution >= 0.6 is 0 Å². The largest absolute Gasteiger partial charge is 0.466 e. The molecule has 172 valence electrons. The number of para-hydroxylation sites is 2. The third-order valence-corrected chi connectivity index (χ3v) is 6.00. The van der Waals surface area contributed by atoms with Crippen molar-refractivity contribution in [2.75, 3.05) is 26.2 Å². The van der Waals surface area contributed by atoms with Crippen LogP contribution in [0.15, 0.2) is 64.6 Å². The number of esters is 1. The van der Waals surface area contributed by atoms with Crippen LogP contribution in [0.2, 0.25) is 0 Å². The molecular formula is C26H30N4O3. The van der Waals surface area contributed by atoms with Crippen molar-refractivity contribution in [1.29, 1.82) is 0 Å². The number of carbonyl (C=O) groups excluding carboxylic acids is 2. The van der Waals surface area contributed by atoms with E-state index in [1.165, 1.54) is 0 Å². The molecule has 7 heteroatoms. The Morgan fingerprint density at radius 2 is 1.76 bits per heavy atom. The molecule has 1 fully saturated rings. The Kier molecular flexibility index (Phi) is 7.29. The van der Waals surface area contributed by atoms with Gasteiger partial charge >= 0.3 is 5.97 Å². The molecule has 0 radical (unpaired) electrons. The van der Waals surface area contributed by atoms with Crippen LogP contribution in [0.25, 0.3) is 0 Å². The lowest BCUT2D eigenvalue weighted by molar-refractivity contribution is -0.150. The summed E-state index contributed by atoms with van der Waals surface area (Å²) in [6.45, 7) is 5.67. The summed E-state index contributed by atoms with van der Waals surface area (Å²) in [6.07, 6.45) is 1.66. The van der Waals surface area contributed by atoms with E-state index < -0.39 is 0 Å². The van der Waals surface area contributed by atoms with Crippen LogP contribution in [0.5, 0.6) is 0 Å². The number of hydrogen-bond acceptors (Lipinski definition) is 6. The second-order valence-electron chi connectivity index (χ2n) is 8.46. The smallest absolute Gasteiger partial charge is 0.310 e. The predicted molar refractivity (Wildman–Crippen MR) is 129 cm³/mol. The molecule has 4 rings (SSSR count). The number of ether oxygens (including phenoxy) is 1. The van der Waals surface area contributed by atoms with Crippen molar-refractivity contribution < 1.29 is 14.3 Å². The van der Waals surface area contributed by atoms with Crippen molar-refractivity contribution in [1.82, 2.24) is 10.2 Å². The van der Waals surface area contributed by atoms with E-state index in [2.05, 4.69) is 5.32 Å². The molecule has 0 spiro atoms. The van der Waals surface area contributed by atoms with E-state index in [9.17, 15) is 9.59 Å². The molecule has 0 aliphatic carbocycles. The summed E-state index contributed by atoms with van der Waals surface area (Å²) in [4.78, 5) is 36.9. The number of likely N-dealkylation sites (tertiary alicyclic amines) is 1. The summed E-state index contributed by atoms with van der Waals surface area (Å²) in [5, 5.41) is 3.07. The summed E-state index contributed by atoms with van der Waals surface area (Å²) in [5.74, 6) is -0.192. The number of amidine groups is 1. The zero-order valence-electron chi connectivity index (χ0n) is 19.2. The van der Waals surface area contributed by atoms with Gasteiger partial charge in [0.05, 0.1) is 36.4 Å². The van der Waals surface area contributed by atoms with Crippen LogP contribution in [0.4, 0.5) is 11.4 Å². The molecule has 2 aromatic rings.